The van der Waals surface area contributed by atoms with Crippen molar-refractivity contribution in [1.29, 1.82) is 0 Å². The summed E-state index contributed by atoms with van der Waals surface area (Å²) in [5.41, 5.74) is 3.37. The first-order valence-corrected chi connectivity index (χ1v) is 10.0. The molecule has 0 radical (unpaired) electrons. The molecule has 3 aromatic carbocycles. The van der Waals surface area contributed by atoms with Crippen molar-refractivity contribution >= 4 is 11.4 Å². The summed E-state index contributed by atoms with van der Waals surface area (Å²) in [5.74, 6) is 1.75. The van der Waals surface area contributed by atoms with Crippen LogP contribution in [0.25, 0.3) is 0 Å². The molecule has 2 N–H and O–H groups in total. The first kappa shape index (κ1) is 20.8. The second-order valence-electron chi connectivity index (χ2n) is 9.46. The van der Waals surface area contributed by atoms with Gasteiger partial charge in [0.1, 0.15) is 11.5 Å². The van der Waals surface area contributed by atoms with Crippen LogP contribution in [0.5, 0.6) is 17.2 Å². The van der Waals surface area contributed by atoms with E-state index in [9.17, 15) is 5.11 Å². The van der Waals surface area contributed by atoms with Crippen LogP contribution in [0.15, 0.2) is 66.7 Å². The molecule has 29 heavy (non-hydrogen) atoms. The van der Waals surface area contributed by atoms with E-state index in [1.165, 1.54) is 5.56 Å². The Morgan fingerprint density at radius 3 is 1.97 bits per heavy atom. The van der Waals surface area contributed by atoms with Gasteiger partial charge in [0, 0.05) is 5.56 Å². The van der Waals surface area contributed by atoms with Crippen molar-refractivity contribution in [1.82, 2.24) is 0 Å². The highest BCUT2D eigenvalue weighted by atomic mass is 16.5. The molecular formula is C26H31NO2. The van der Waals surface area contributed by atoms with E-state index in [4.69, 9.17) is 4.74 Å². The molecule has 3 nitrogen and oxygen atoms in total. The van der Waals surface area contributed by atoms with Crippen molar-refractivity contribution in [2.45, 2.75) is 52.4 Å². The Kier molecular flexibility index (Phi) is 5.61. The zero-order valence-electron chi connectivity index (χ0n) is 18.2. The summed E-state index contributed by atoms with van der Waals surface area (Å²) in [7, 11) is 0. The number of anilines is 2. The lowest BCUT2D eigenvalue weighted by Crippen LogP contribution is -2.17. The average molecular weight is 390 g/mol. The van der Waals surface area contributed by atoms with Gasteiger partial charge in [-0.05, 0) is 46.7 Å². The number of para-hydroxylation sites is 3. The number of phenolic OH excluding ortho intramolecular Hbond substituents is 1. The minimum absolute atomic E-state index is 0.0375. The molecule has 0 atom stereocenters. The Hall–Kier alpha value is -2.94. The Labute approximate surface area is 174 Å². The van der Waals surface area contributed by atoms with Crippen LogP contribution in [0.4, 0.5) is 11.4 Å². The van der Waals surface area contributed by atoms with Gasteiger partial charge in [-0.2, -0.15) is 0 Å². The van der Waals surface area contributed by atoms with Crippen LogP contribution in [0.1, 0.15) is 52.7 Å². The van der Waals surface area contributed by atoms with Gasteiger partial charge in [-0.3, -0.25) is 0 Å². The molecule has 0 aliphatic heterocycles. The zero-order valence-corrected chi connectivity index (χ0v) is 18.2. The highest BCUT2D eigenvalue weighted by Crippen LogP contribution is 2.42. The molecule has 0 aliphatic rings. The first-order chi connectivity index (χ1) is 13.6. The van der Waals surface area contributed by atoms with Gasteiger partial charge in [0.15, 0.2) is 5.75 Å². The predicted molar refractivity (Wildman–Crippen MR) is 122 cm³/mol. The van der Waals surface area contributed by atoms with Crippen molar-refractivity contribution in [2.75, 3.05) is 5.32 Å². The molecule has 3 rings (SSSR count). The number of aromatic hydroxyl groups is 1. The summed E-state index contributed by atoms with van der Waals surface area (Å²) >= 11 is 0. The zero-order chi connectivity index (χ0) is 21.2. The predicted octanol–water partition coefficient (Wildman–Crippen LogP) is 7.52. The van der Waals surface area contributed by atoms with E-state index < -0.39 is 0 Å². The van der Waals surface area contributed by atoms with Crippen molar-refractivity contribution in [3.8, 4) is 17.2 Å². The smallest absolute Gasteiger partial charge is 0.150 e. The number of nitrogens with one attached hydrogen (secondary N) is 1. The molecule has 0 aliphatic carbocycles. The van der Waals surface area contributed by atoms with E-state index in [1.807, 2.05) is 60.7 Å². The van der Waals surface area contributed by atoms with Crippen molar-refractivity contribution in [3.05, 3.63) is 77.9 Å². The molecule has 152 valence electrons. The molecule has 0 saturated carbocycles. The van der Waals surface area contributed by atoms with E-state index in [0.717, 1.165) is 17.0 Å². The second-order valence-corrected chi connectivity index (χ2v) is 9.46. The molecular weight excluding hydrogens is 358 g/mol. The van der Waals surface area contributed by atoms with Gasteiger partial charge < -0.3 is 15.2 Å². The fraction of sp³-hybridized carbons (Fsp3) is 0.308. The van der Waals surface area contributed by atoms with Crippen LogP contribution < -0.4 is 10.1 Å². The van der Waals surface area contributed by atoms with Crippen LogP contribution in [-0.4, -0.2) is 5.11 Å². The second kappa shape index (κ2) is 7.82. The quantitative estimate of drug-likeness (QED) is 0.453. The lowest BCUT2D eigenvalue weighted by molar-refractivity contribution is 0.447. The number of hydrogen-bond donors (Lipinski definition) is 2. The molecule has 3 heteroatoms. The number of phenols is 1. The van der Waals surface area contributed by atoms with Gasteiger partial charge in [-0.25, -0.2) is 0 Å². The van der Waals surface area contributed by atoms with Crippen LogP contribution in [0.2, 0.25) is 0 Å². The van der Waals surface area contributed by atoms with Gasteiger partial charge in [0.25, 0.3) is 0 Å². The molecule has 0 spiro atoms. The van der Waals surface area contributed by atoms with E-state index in [2.05, 4.69) is 52.9 Å². The third-order valence-corrected chi connectivity index (χ3v) is 4.91. The first-order valence-electron chi connectivity index (χ1n) is 10.0. The number of ether oxygens (including phenoxy) is 1. The fourth-order valence-corrected chi connectivity index (χ4v) is 3.15. The summed E-state index contributed by atoms with van der Waals surface area (Å²) in [4.78, 5) is 0. The summed E-state index contributed by atoms with van der Waals surface area (Å²) in [6.07, 6.45) is 0. The molecule has 0 heterocycles. The van der Waals surface area contributed by atoms with Crippen molar-refractivity contribution in [2.24, 2.45) is 0 Å². The standard InChI is InChI=1S/C26H31NO2/c1-25(2,3)18-16-20(26(4,5)6)24(28)22(17-18)27-21-14-10-11-15-23(21)29-19-12-8-7-9-13-19/h7-17,27-28H,1-6H3. The lowest BCUT2D eigenvalue weighted by atomic mass is 9.79. The normalized spacial score (nSPS) is 11.9. The summed E-state index contributed by atoms with van der Waals surface area (Å²) < 4.78 is 6.07. The molecule has 0 bridgehead atoms. The summed E-state index contributed by atoms with van der Waals surface area (Å²) in [6.45, 7) is 12.9. The minimum atomic E-state index is -0.179. The van der Waals surface area contributed by atoms with Crippen LogP contribution >= 0.6 is 0 Å². The monoisotopic (exact) mass is 389 g/mol. The summed E-state index contributed by atoms with van der Waals surface area (Å²) in [5, 5.41) is 14.5. The maximum atomic E-state index is 11.1. The Morgan fingerprint density at radius 2 is 1.34 bits per heavy atom. The molecule has 3 aromatic rings. The van der Waals surface area contributed by atoms with E-state index in [1.54, 1.807) is 0 Å². The van der Waals surface area contributed by atoms with Crippen molar-refractivity contribution in [3.63, 3.8) is 0 Å². The van der Waals surface area contributed by atoms with Crippen LogP contribution in [0, 0.1) is 0 Å². The maximum Gasteiger partial charge on any atom is 0.150 e. The molecule has 0 fully saturated rings. The number of rotatable bonds is 4. The van der Waals surface area contributed by atoms with Crippen LogP contribution in [-0.2, 0) is 10.8 Å². The van der Waals surface area contributed by atoms with Gasteiger partial charge in [0.2, 0.25) is 0 Å². The highest BCUT2D eigenvalue weighted by Gasteiger charge is 2.25. The van der Waals surface area contributed by atoms with E-state index in [0.29, 0.717) is 11.4 Å². The maximum absolute atomic E-state index is 11.1. The van der Waals surface area contributed by atoms with Crippen molar-refractivity contribution < 1.29 is 9.84 Å². The summed E-state index contributed by atoms with van der Waals surface area (Å²) in [6, 6.07) is 21.6. The molecule has 0 unspecified atom stereocenters. The van der Waals surface area contributed by atoms with Gasteiger partial charge in [-0.1, -0.05) is 77.9 Å². The Morgan fingerprint density at radius 1 is 0.724 bits per heavy atom. The minimum Gasteiger partial charge on any atom is -0.505 e. The lowest BCUT2D eigenvalue weighted by Gasteiger charge is -2.28. The Balaban J connectivity index is 2.05. The van der Waals surface area contributed by atoms with Gasteiger partial charge in [-0.15, -0.1) is 0 Å². The number of benzene rings is 3. The van der Waals surface area contributed by atoms with Gasteiger partial charge in [0.05, 0.1) is 11.4 Å². The average Bonchev–Trinajstić information content (AvgIpc) is 2.64. The highest BCUT2D eigenvalue weighted by molar-refractivity contribution is 5.73. The molecule has 0 amide bonds. The number of hydrogen-bond acceptors (Lipinski definition) is 3. The SMILES string of the molecule is CC(C)(C)c1cc(Nc2ccccc2Oc2ccccc2)c(O)c(C(C)(C)C)c1. The fourth-order valence-electron chi connectivity index (χ4n) is 3.15. The molecule has 0 saturated heterocycles. The van der Waals surface area contributed by atoms with E-state index in [-0.39, 0.29) is 16.6 Å². The molecule has 0 aromatic heterocycles. The van der Waals surface area contributed by atoms with Crippen LogP contribution in [0.3, 0.4) is 0 Å². The third-order valence-electron chi connectivity index (χ3n) is 4.91. The van der Waals surface area contributed by atoms with E-state index >= 15 is 0 Å². The largest absolute Gasteiger partial charge is 0.505 e. The topological polar surface area (TPSA) is 41.5 Å². The third kappa shape index (κ3) is 4.92. The Bertz CT molecular complexity index is 980. The van der Waals surface area contributed by atoms with Gasteiger partial charge >= 0.3 is 0 Å².